The highest BCUT2D eigenvalue weighted by atomic mass is 32.2. The lowest BCUT2D eigenvalue weighted by Crippen LogP contribution is -2.28. The van der Waals surface area contributed by atoms with Gasteiger partial charge in [-0.15, -0.1) is 0 Å². The minimum atomic E-state index is -3.40. The van der Waals surface area contributed by atoms with E-state index in [4.69, 9.17) is 0 Å². The largest absolute Gasteiger partial charge is 0.274 e. The van der Waals surface area contributed by atoms with Gasteiger partial charge in [0, 0.05) is 6.42 Å². The Kier molecular flexibility index (Phi) is 15.1. The van der Waals surface area contributed by atoms with Crippen molar-refractivity contribution in [1.29, 1.82) is 0 Å². The topological polar surface area (TPSA) is 63.2 Å². The molecule has 5 heteroatoms. The molecule has 0 unspecified atom stereocenters. The maximum Gasteiger partial charge on any atom is 0.233 e. The fourth-order valence-electron chi connectivity index (χ4n) is 2.61. The van der Waals surface area contributed by atoms with Gasteiger partial charge in [0.2, 0.25) is 15.9 Å². The predicted octanol–water partition coefficient (Wildman–Crippen LogP) is 5.10. The molecule has 0 bridgehead atoms. The van der Waals surface area contributed by atoms with Gasteiger partial charge in [-0.25, -0.2) is 8.42 Å². The molecule has 0 aliphatic heterocycles. The standard InChI is InChI=1S/C19H37NO3S/c1-3-4-5-6-7-8-9-10-11-12-13-14-15-16-17-18-19(21)20-24(2,22)23/h10-11H,3-9,12-18H2,1-2H3,(H,20,21). The first-order valence-corrected chi connectivity index (χ1v) is 11.5. The zero-order valence-electron chi connectivity index (χ0n) is 15.7. The number of hydrogen-bond acceptors (Lipinski definition) is 3. The van der Waals surface area contributed by atoms with Crippen LogP contribution in [0.1, 0.15) is 96.8 Å². The molecule has 0 fully saturated rings. The molecular formula is C19H37NO3S. The number of amides is 1. The van der Waals surface area contributed by atoms with Gasteiger partial charge in [-0.2, -0.15) is 0 Å². The van der Waals surface area contributed by atoms with Crippen LogP contribution in [0.5, 0.6) is 0 Å². The number of carbonyl (C=O) groups is 1. The first kappa shape index (κ1) is 23.2. The molecule has 4 nitrogen and oxygen atoms in total. The number of unbranched alkanes of at least 4 members (excludes halogenated alkanes) is 11. The number of carbonyl (C=O) groups excluding carboxylic acids is 1. The molecule has 0 heterocycles. The van der Waals surface area contributed by atoms with E-state index < -0.39 is 15.9 Å². The van der Waals surface area contributed by atoms with Gasteiger partial charge in [0.1, 0.15) is 0 Å². The summed E-state index contributed by atoms with van der Waals surface area (Å²) in [4.78, 5) is 11.3. The van der Waals surface area contributed by atoms with Gasteiger partial charge >= 0.3 is 0 Å². The molecule has 0 saturated heterocycles. The smallest absolute Gasteiger partial charge is 0.233 e. The van der Waals surface area contributed by atoms with Crippen LogP contribution in [0.25, 0.3) is 0 Å². The minimum Gasteiger partial charge on any atom is -0.274 e. The van der Waals surface area contributed by atoms with E-state index in [-0.39, 0.29) is 0 Å². The van der Waals surface area contributed by atoms with Gasteiger partial charge in [0.05, 0.1) is 6.26 Å². The maximum absolute atomic E-state index is 11.3. The van der Waals surface area contributed by atoms with Crippen LogP contribution in [0.2, 0.25) is 0 Å². The van der Waals surface area contributed by atoms with E-state index in [9.17, 15) is 13.2 Å². The van der Waals surface area contributed by atoms with Crippen molar-refractivity contribution in [2.45, 2.75) is 96.8 Å². The zero-order chi connectivity index (χ0) is 18.1. The summed E-state index contributed by atoms with van der Waals surface area (Å²) in [7, 11) is -3.40. The van der Waals surface area contributed by atoms with Crippen molar-refractivity contribution in [3.8, 4) is 0 Å². The average Bonchev–Trinajstić information content (AvgIpc) is 2.49. The van der Waals surface area contributed by atoms with Crippen LogP contribution >= 0.6 is 0 Å². The van der Waals surface area contributed by atoms with Gasteiger partial charge in [0.25, 0.3) is 0 Å². The Labute approximate surface area is 149 Å². The molecule has 0 aromatic heterocycles. The number of sulfonamides is 1. The van der Waals surface area contributed by atoms with Crippen LogP contribution in [0, 0.1) is 0 Å². The maximum atomic E-state index is 11.3. The van der Waals surface area contributed by atoms with Crippen LogP contribution in [0.3, 0.4) is 0 Å². The molecule has 0 saturated carbocycles. The molecule has 0 aromatic rings. The third-order valence-electron chi connectivity index (χ3n) is 3.96. The van der Waals surface area contributed by atoms with Gasteiger partial charge in [-0.3, -0.25) is 9.52 Å². The molecule has 1 amide bonds. The van der Waals surface area contributed by atoms with E-state index in [0.717, 1.165) is 31.9 Å². The third kappa shape index (κ3) is 19.2. The molecular weight excluding hydrogens is 322 g/mol. The van der Waals surface area contributed by atoms with Crippen molar-refractivity contribution in [2.24, 2.45) is 0 Å². The van der Waals surface area contributed by atoms with Crippen molar-refractivity contribution in [2.75, 3.05) is 6.26 Å². The lowest BCUT2D eigenvalue weighted by molar-refractivity contribution is -0.119. The molecule has 0 aliphatic carbocycles. The first-order valence-electron chi connectivity index (χ1n) is 9.61. The predicted molar refractivity (Wildman–Crippen MR) is 102 cm³/mol. The Morgan fingerprint density at radius 1 is 0.792 bits per heavy atom. The lowest BCUT2D eigenvalue weighted by Gasteiger charge is -2.02. The summed E-state index contributed by atoms with van der Waals surface area (Å²) >= 11 is 0. The summed E-state index contributed by atoms with van der Waals surface area (Å²) in [5, 5.41) is 0. The molecule has 24 heavy (non-hydrogen) atoms. The molecule has 1 N–H and O–H groups in total. The van der Waals surface area contributed by atoms with Crippen LogP contribution < -0.4 is 4.72 Å². The summed E-state index contributed by atoms with van der Waals surface area (Å²) in [5.41, 5.74) is 0. The second-order valence-corrected chi connectivity index (χ2v) is 8.38. The summed E-state index contributed by atoms with van der Waals surface area (Å²) in [6, 6.07) is 0. The van der Waals surface area contributed by atoms with Gasteiger partial charge < -0.3 is 0 Å². The minimum absolute atomic E-state index is 0.297. The van der Waals surface area contributed by atoms with Crippen LogP contribution in [0.4, 0.5) is 0 Å². The van der Waals surface area contributed by atoms with Gasteiger partial charge in [-0.05, 0) is 32.1 Å². The Balaban J connectivity index is 3.27. The van der Waals surface area contributed by atoms with E-state index in [0.29, 0.717) is 6.42 Å². The van der Waals surface area contributed by atoms with E-state index >= 15 is 0 Å². The summed E-state index contributed by atoms with van der Waals surface area (Å²) in [5.74, 6) is -0.393. The number of nitrogens with one attached hydrogen (secondary N) is 1. The van der Waals surface area contributed by atoms with E-state index in [1.54, 1.807) is 0 Å². The van der Waals surface area contributed by atoms with Crippen LogP contribution in [-0.4, -0.2) is 20.6 Å². The average molecular weight is 360 g/mol. The van der Waals surface area contributed by atoms with E-state index in [1.807, 2.05) is 4.72 Å². The molecule has 0 aliphatic rings. The molecule has 142 valence electrons. The Bertz CT molecular complexity index is 430. The molecule has 0 rings (SSSR count). The monoisotopic (exact) mass is 359 g/mol. The Morgan fingerprint density at radius 2 is 1.25 bits per heavy atom. The summed E-state index contributed by atoms with van der Waals surface area (Å²) in [6.07, 6.45) is 21.6. The molecule has 0 spiro atoms. The van der Waals surface area contributed by atoms with Crippen molar-refractivity contribution in [1.82, 2.24) is 4.72 Å². The van der Waals surface area contributed by atoms with E-state index in [2.05, 4.69) is 19.1 Å². The van der Waals surface area contributed by atoms with Crippen molar-refractivity contribution >= 4 is 15.9 Å². The van der Waals surface area contributed by atoms with Crippen LogP contribution in [-0.2, 0) is 14.8 Å². The molecule has 0 aromatic carbocycles. The quantitative estimate of drug-likeness (QED) is 0.308. The summed E-state index contributed by atoms with van der Waals surface area (Å²) < 4.78 is 23.7. The number of hydrogen-bond donors (Lipinski definition) is 1. The number of rotatable bonds is 16. The second kappa shape index (κ2) is 15.7. The lowest BCUT2D eigenvalue weighted by atomic mass is 10.1. The third-order valence-corrected chi connectivity index (χ3v) is 4.56. The normalized spacial score (nSPS) is 11.9. The van der Waals surface area contributed by atoms with Gasteiger partial charge in [-0.1, -0.05) is 70.4 Å². The second-order valence-electron chi connectivity index (χ2n) is 6.63. The van der Waals surface area contributed by atoms with Crippen molar-refractivity contribution < 1.29 is 13.2 Å². The highest BCUT2D eigenvalue weighted by Crippen LogP contribution is 2.09. The van der Waals surface area contributed by atoms with Crippen molar-refractivity contribution in [3.05, 3.63) is 12.2 Å². The van der Waals surface area contributed by atoms with E-state index in [1.165, 1.54) is 57.8 Å². The van der Waals surface area contributed by atoms with Crippen molar-refractivity contribution in [3.63, 3.8) is 0 Å². The Hall–Kier alpha value is -0.840. The first-order chi connectivity index (χ1) is 11.5. The fraction of sp³-hybridized carbons (Fsp3) is 0.842. The summed E-state index contributed by atoms with van der Waals surface area (Å²) in [6.45, 7) is 2.25. The van der Waals surface area contributed by atoms with Gasteiger partial charge in [0.15, 0.2) is 0 Å². The molecule has 0 atom stereocenters. The fourth-order valence-corrected chi connectivity index (χ4v) is 3.13. The Morgan fingerprint density at radius 3 is 1.75 bits per heavy atom. The zero-order valence-corrected chi connectivity index (χ0v) is 16.5. The van der Waals surface area contributed by atoms with Crippen LogP contribution in [0.15, 0.2) is 12.2 Å². The highest BCUT2D eigenvalue weighted by Gasteiger charge is 2.07. The molecule has 0 radical (unpaired) electrons. The SMILES string of the molecule is CCCCCCCCC=CCCCCCCCC(=O)NS(C)(=O)=O. The highest BCUT2D eigenvalue weighted by molar-refractivity contribution is 7.89. The number of allylic oxidation sites excluding steroid dienone is 2.